The summed E-state index contributed by atoms with van der Waals surface area (Å²) in [6, 6.07) is 10.6. The number of pyridine rings is 2. The molecule has 4 N–H and O–H groups in total. The number of ketones is 1. The molecule has 5 aromatic rings. The Kier molecular flexibility index (Phi) is 5.37. The van der Waals surface area contributed by atoms with Gasteiger partial charge in [-0.05, 0) is 29.7 Å². The van der Waals surface area contributed by atoms with Crippen molar-refractivity contribution in [2.75, 3.05) is 0 Å². The zero-order valence-corrected chi connectivity index (χ0v) is 18.7. The summed E-state index contributed by atoms with van der Waals surface area (Å²) in [6.07, 6.45) is 7.00. The number of benzene rings is 1. The maximum atomic E-state index is 13.9. The van der Waals surface area contributed by atoms with Gasteiger partial charge in [-0.3, -0.25) is 19.1 Å². The third kappa shape index (κ3) is 3.82. The number of H-pyrrole nitrogens is 1. The topological polar surface area (TPSA) is 144 Å². The van der Waals surface area contributed by atoms with Crippen molar-refractivity contribution in [2.24, 2.45) is 5.73 Å². The molecule has 0 saturated carbocycles. The van der Waals surface area contributed by atoms with E-state index >= 15 is 0 Å². The Morgan fingerprint density at radius 2 is 1.94 bits per heavy atom. The van der Waals surface area contributed by atoms with Crippen molar-refractivity contribution in [3.05, 3.63) is 84.1 Å². The van der Waals surface area contributed by atoms with E-state index in [0.717, 1.165) is 15.7 Å². The van der Waals surface area contributed by atoms with Crippen molar-refractivity contribution in [3.63, 3.8) is 0 Å². The molecule has 0 fully saturated rings. The summed E-state index contributed by atoms with van der Waals surface area (Å²) in [4.78, 5) is 49.0. The minimum Gasteiger partial charge on any atom is -0.464 e. The largest absolute Gasteiger partial charge is 0.464 e. The molecular weight excluding hydrogens is 446 g/mol. The lowest BCUT2D eigenvalue weighted by Crippen LogP contribution is -2.14. The lowest BCUT2D eigenvalue weighted by Gasteiger charge is -2.10. The molecule has 1 amide bonds. The van der Waals surface area contributed by atoms with Crippen LogP contribution in [0.25, 0.3) is 33.1 Å². The number of nitrogens with one attached hydrogen (secondary N) is 1. The maximum Gasteiger partial charge on any atom is 0.416 e. The zero-order chi connectivity index (χ0) is 24.7. The van der Waals surface area contributed by atoms with E-state index in [1.807, 2.05) is 18.2 Å². The lowest BCUT2D eigenvalue weighted by molar-refractivity contribution is -0.118. The first-order valence-electron chi connectivity index (χ1n) is 10.9. The fourth-order valence-electron chi connectivity index (χ4n) is 4.48. The third-order valence-corrected chi connectivity index (χ3v) is 6.12. The molecule has 0 aliphatic carbocycles. The highest BCUT2D eigenvalue weighted by molar-refractivity contribution is 6.22. The fourth-order valence-corrected chi connectivity index (χ4v) is 4.48. The first-order chi connectivity index (χ1) is 16.8. The monoisotopic (exact) mass is 467 g/mol. The van der Waals surface area contributed by atoms with Gasteiger partial charge in [0.25, 0.3) is 0 Å². The van der Waals surface area contributed by atoms with Crippen LogP contribution in [0.1, 0.15) is 40.7 Å². The summed E-state index contributed by atoms with van der Waals surface area (Å²) in [6.45, 7) is 1.78. The van der Waals surface area contributed by atoms with E-state index in [1.165, 1.54) is 6.20 Å². The predicted molar refractivity (Wildman–Crippen MR) is 130 cm³/mol. The van der Waals surface area contributed by atoms with Crippen LogP contribution in [-0.4, -0.2) is 42.4 Å². The van der Waals surface area contributed by atoms with Crippen LogP contribution in [0.15, 0.2) is 67.4 Å². The number of primary amides is 1. The molecule has 0 radical (unpaired) electrons. The van der Waals surface area contributed by atoms with Crippen molar-refractivity contribution in [2.45, 2.75) is 19.3 Å². The molecule has 35 heavy (non-hydrogen) atoms. The molecule has 174 valence electrons. The number of carboxylic acid groups (broad SMARTS) is 1. The number of carbonyl (C=O) groups excluding carboxylic acids is 2. The van der Waals surface area contributed by atoms with Gasteiger partial charge < -0.3 is 15.8 Å². The number of aromatic amines is 1. The van der Waals surface area contributed by atoms with E-state index in [2.05, 4.69) is 15.0 Å². The molecule has 0 saturated heterocycles. The fraction of sp³-hybridized carbons (Fsp3) is 0.115. The first kappa shape index (κ1) is 22.0. The molecule has 0 bridgehead atoms. The van der Waals surface area contributed by atoms with Crippen LogP contribution in [0.3, 0.4) is 0 Å². The highest BCUT2D eigenvalue weighted by atomic mass is 16.4. The number of nitrogens with zero attached hydrogens (tertiary/aromatic N) is 3. The van der Waals surface area contributed by atoms with Crippen LogP contribution in [0.5, 0.6) is 0 Å². The third-order valence-electron chi connectivity index (χ3n) is 6.12. The Balaban J connectivity index is 1.69. The van der Waals surface area contributed by atoms with E-state index in [9.17, 15) is 19.5 Å². The molecule has 4 aromatic heterocycles. The molecular formula is C26H21N5O4. The van der Waals surface area contributed by atoms with Crippen molar-refractivity contribution >= 4 is 39.7 Å². The Labute approximate surface area is 199 Å². The predicted octanol–water partition coefficient (Wildman–Crippen LogP) is 4.32. The Morgan fingerprint density at radius 3 is 2.66 bits per heavy atom. The highest BCUT2D eigenvalue weighted by Gasteiger charge is 2.25. The number of rotatable bonds is 6. The minimum atomic E-state index is -1.19. The number of hydrogen-bond donors (Lipinski definition) is 3. The number of hydrogen-bond acceptors (Lipinski definition) is 5. The van der Waals surface area contributed by atoms with Crippen molar-refractivity contribution in [3.8, 4) is 11.1 Å². The zero-order valence-electron chi connectivity index (χ0n) is 18.7. The van der Waals surface area contributed by atoms with Gasteiger partial charge in [-0.15, -0.1) is 0 Å². The van der Waals surface area contributed by atoms with Gasteiger partial charge in [0.2, 0.25) is 5.91 Å². The maximum absolute atomic E-state index is 13.9. The second kappa shape index (κ2) is 8.53. The number of aromatic nitrogens is 4. The van der Waals surface area contributed by atoms with Crippen LogP contribution in [0.2, 0.25) is 0 Å². The summed E-state index contributed by atoms with van der Waals surface area (Å²) < 4.78 is 1.07. The summed E-state index contributed by atoms with van der Waals surface area (Å²) in [5.74, 6) is -1.18. The van der Waals surface area contributed by atoms with Crippen molar-refractivity contribution in [1.29, 1.82) is 0 Å². The average Bonchev–Trinajstić information content (AvgIpc) is 3.45. The standard InChI is InChI=1S/C26H21N5O4/c1-14(8-22(27)32)20-13-31(26(34)35)21-6-2-5-17(23(20)21)24(33)19-12-30-25-18(19)9-16(11-29-25)15-4-3-7-28-10-15/h2-7,9-14H,8H2,1H3,(H2,27,32)(H,29,30)(H,34,35). The average molecular weight is 467 g/mol. The molecule has 1 aromatic carbocycles. The summed E-state index contributed by atoms with van der Waals surface area (Å²) in [5, 5.41) is 10.8. The number of carbonyl (C=O) groups is 3. The molecule has 9 nitrogen and oxygen atoms in total. The van der Waals surface area contributed by atoms with Gasteiger partial charge in [0, 0.05) is 70.4 Å². The minimum absolute atomic E-state index is 0.0206. The van der Waals surface area contributed by atoms with Crippen LogP contribution >= 0.6 is 0 Å². The van der Waals surface area contributed by atoms with Gasteiger partial charge >= 0.3 is 6.09 Å². The highest BCUT2D eigenvalue weighted by Crippen LogP contribution is 2.34. The number of nitrogens with two attached hydrogens (primary N) is 1. The molecule has 0 aliphatic rings. The van der Waals surface area contributed by atoms with Crippen LogP contribution < -0.4 is 5.73 Å². The molecule has 9 heteroatoms. The van der Waals surface area contributed by atoms with Crippen molar-refractivity contribution in [1.82, 2.24) is 19.5 Å². The molecule has 5 rings (SSSR count). The number of amides is 1. The Morgan fingerprint density at radius 1 is 1.11 bits per heavy atom. The van der Waals surface area contributed by atoms with E-state index in [1.54, 1.807) is 49.9 Å². The van der Waals surface area contributed by atoms with Crippen LogP contribution in [0.4, 0.5) is 4.79 Å². The van der Waals surface area contributed by atoms with Crippen LogP contribution in [-0.2, 0) is 4.79 Å². The van der Waals surface area contributed by atoms with Gasteiger partial charge in [-0.25, -0.2) is 9.78 Å². The second-order valence-electron chi connectivity index (χ2n) is 8.40. The van der Waals surface area contributed by atoms with Gasteiger partial charge in [0.15, 0.2) is 5.78 Å². The summed E-state index contributed by atoms with van der Waals surface area (Å²) >= 11 is 0. The molecule has 0 aliphatic heterocycles. The lowest BCUT2D eigenvalue weighted by atomic mass is 9.91. The summed E-state index contributed by atoms with van der Waals surface area (Å²) in [7, 11) is 0. The van der Waals surface area contributed by atoms with E-state index in [-0.39, 0.29) is 18.1 Å². The van der Waals surface area contributed by atoms with Gasteiger partial charge in [0.1, 0.15) is 5.65 Å². The Bertz CT molecular complexity index is 1620. The molecule has 0 spiro atoms. The quantitative estimate of drug-likeness (QED) is 0.317. The smallest absolute Gasteiger partial charge is 0.416 e. The van der Waals surface area contributed by atoms with Crippen LogP contribution in [0, 0.1) is 0 Å². The molecule has 1 unspecified atom stereocenters. The molecule has 4 heterocycles. The van der Waals surface area contributed by atoms with E-state index < -0.39 is 12.0 Å². The normalized spacial score (nSPS) is 12.1. The van der Waals surface area contributed by atoms with E-state index in [0.29, 0.717) is 38.6 Å². The van der Waals surface area contributed by atoms with E-state index in [4.69, 9.17) is 5.73 Å². The SMILES string of the molecule is CC(CC(N)=O)c1cn(C(=O)O)c2cccc(C(=O)c3c[nH]c4ncc(-c5cccnc5)cc34)c12. The van der Waals surface area contributed by atoms with Gasteiger partial charge in [-0.2, -0.15) is 0 Å². The molecule has 1 atom stereocenters. The van der Waals surface area contributed by atoms with Crippen molar-refractivity contribution < 1.29 is 19.5 Å². The second-order valence-corrected chi connectivity index (χ2v) is 8.40. The first-order valence-corrected chi connectivity index (χ1v) is 10.9. The summed E-state index contributed by atoms with van der Waals surface area (Å²) in [5.41, 5.74) is 9.30. The van der Waals surface area contributed by atoms with Gasteiger partial charge in [0.05, 0.1) is 5.52 Å². The number of fused-ring (bicyclic) bond motifs is 2. The van der Waals surface area contributed by atoms with Gasteiger partial charge in [-0.1, -0.05) is 25.1 Å². The Hall–Kier alpha value is -4.79.